The van der Waals surface area contributed by atoms with Gasteiger partial charge in [0, 0.05) is 43.6 Å². The lowest BCUT2D eigenvalue weighted by Crippen LogP contribution is -2.37. The summed E-state index contributed by atoms with van der Waals surface area (Å²) in [6.45, 7) is 4.69. The minimum Gasteiger partial charge on any atom is -0.348 e. The number of carbonyl (C=O) groups is 1. The first-order valence-electron chi connectivity index (χ1n) is 12.5. The fraction of sp³-hybridized carbons (Fsp3) is 0.429. The van der Waals surface area contributed by atoms with Crippen LogP contribution >= 0.6 is 0 Å². The third-order valence-corrected chi connectivity index (χ3v) is 7.53. The van der Waals surface area contributed by atoms with Crippen LogP contribution in [0.2, 0.25) is 0 Å². The van der Waals surface area contributed by atoms with E-state index in [1.807, 2.05) is 12.1 Å². The number of pyridine rings is 1. The lowest BCUT2D eigenvalue weighted by Gasteiger charge is -2.34. The molecule has 0 unspecified atom stereocenters. The van der Waals surface area contributed by atoms with E-state index in [2.05, 4.69) is 52.5 Å². The van der Waals surface area contributed by atoms with Crippen LogP contribution in [0.1, 0.15) is 72.6 Å². The van der Waals surface area contributed by atoms with Crippen LogP contribution in [0, 0.1) is 5.92 Å². The molecule has 176 valence electrons. The Labute approximate surface area is 201 Å². The third kappa shape index (κ3) is 4.54. The highest BCUT2D eigenvalue weighted by atomic mass is 16.1. The summed E-state index contributed by atoms with van der Waals surface area (Å²) < 4.78 is 0. The SMILES string of the molecule is CC1CCN(c2ncc(C(=O)NCc3ccncc3)c(C3(c4ccccc4)CCCC3)n2)CC1. The van der Waals surface area contributed by atoms with E-state index in [4.69, 9.17) is 9.97 Å². The first-order valence-corrected chi connectivity index (χ1v) is 12.5. The topological polar surface area (TPSA) is 71.0 Å². The molecule has 3 heterocycles. The number of carbonyl (C=O) groups excluding carboxylic acids is 1. The summed E-state index contributed by atoms with van der Waals surface area (Å²) in [7, 11) is 0. The Kier molecular flexibility index (Phi) is 6.57. The van der Waals surface area contributed by atoms with Crippen molar-refractivity contribution in [2.45, 2.75) is 57.4 Å². The molecule has 34 heavy (non-hydrogen) atoms. The number of piperidine rings is 1. The molecule has 0 bridgehead atoms. The number of hydrogen-bond acceptors (Lipinski definition) is 5. The smallest absolute Gasteiger partial charge is 0.255 e. The number of nitrogens with zero attached hydrogens (tertiary/aromatic N) is 4. The van der Waals surface area contributed by atoms with E-state index < -0.39 is 0 Å². The lowest BCUT2D eigenvalue weighted by molar-refractivity contribution is 0.0947. The number of rotatable bonds is 6. The van der Waals surface area contributed by atoms with Gasteiger partial charge in [-0.15, -0.1) is 0 Å². The fourth-order valence-electron chi connectivity index (χ4n) is 5.44. The molecular weight excluding hydrogens is 422 g/mol. The maximum absolute atomic E-state index is 13.5. The molecule has 6 heteroatoms. The van der Waals surface area contributed by atoms with Gasteiger partial charge in [-0.2, -0.15) is 0 Å². The molecule has 1 saturated carbocycles. The fourth-order valence-corrected chi connectivity index (χ4v) is 5.44. The largest absolute Gasteiger partial charge is 0.348 e. The van der Waals surface area contributed by atoms with E-state index in [1.54, 1.807) is 18.6 Å². The highest BCUT2D eigenvalue weighted by Gasteiger charge is 2.42. The van der Waals surface area contributed by atoms with Crippen molar-refractivity contribution in [1.82, 2.24) is 20.3 Å². The minimum atomic E-state index is -0.259. The molecule has 2 fully saturated rings. The summed E-state index contributed by atoms with van der Waals surface area (Å²) in [4.78, 5) is 29.7. The molecule has 1 saturated heterocycles. The molecule has 1 N–H and O–H groups in total. The molecule has 2 aliphatic rings. The van der Waals surface area contributed by atoms with Gasteiger partial charge in [-0.05, 0) is 54.9 Å². The third-order valence-electron chi connectivity index (χ3n) is 7.53. The average Bonchev–Trinajstić information content (AvgIpc) is 3.40. The molecule has 1 aromatic carbocycles. The van der Waals surface area contributed by atoms with Crippen LogP contribution in [-0.2, 0) is 12.0 Å². The second kappa shape index (κ2) is 9.92. The number of benzene rings is 1. The zero-order valence-corrected chi connectivity index (χ0v) is 19.9. The van der Waals surface area contributed by atoms with Crippen molar-refractivity contribution >= 4 is 11.9 Å². The van der Waals surface area contributed by atoms with E-state index in [0.29, 0.717) is 12.1 Å². The molecule has 1 aliphatic heterocycles. The number of aromatic nitrogens is 3. The highest BCUT2D eigenvalue weighted by molar-refractivity contribution is 5.95. The maximum atomic E-state index is 13.5. The van der Waals surface area contributed by atoms with Crippen molar-refractivity contribution in [3.05, 3.63) is 83.4 Å². The van der Waals surface area contributed by atoms with Crippen LogP contribution in [0.25, 0.3) is 0 Å². The van der Waals surface area contributed by atoms with Crippen LogP contribution in [0.5, 0.6) is 0 Å². The molecule has 3 aromatic rings. The van der Waals surface area contributed by atoms with Crippen LogP contribution < -0.4 is 10.2 Å². The van der Waals surface area contributed by atoms with Crippen LogP contribution in [0.4, 0.5) is 5.95 Å². The zero-order chi connectivity index (χ0) is 23.4. The number of nitrogens with one attached hydrogen (secondary N) is 1. The molecule has 5 rings (SSSR count). The maximum Gasteiger partial charge on any atom is 0.255 e. The van der Waals surface area contributed by atoms with Gasteiger partial charge >= 0.3 is 0 Å². The van der Waals surface area contributed by atoms with Crippen LogP contribution in [0.3, 0.4) is 0 Å². The number of amides is 1. The quantitative estimate of drug-likeness (QED) is 0.573. The Morgan fingerprint density at radius 3 is 2.47 bits per heavy atom. The van der Waals surface area contributed by atoms with Gasteiger partial charge in [0.2, 0.25) is 5.95 Å². The molecule has 1 amide bonds. The van der Waals surface area contributed by atoms with E-state index >= 15 is 0 Å². The molecule has 1 aliphatic carbocycles. The van der Waals surface area contributed by atoms with Gasteiger partial charge in [-0.25, -0.2) is 9.97 Å². The Morgan fingerprint density at radius 2 is 1.76 bits per heavy atom. The van der Waals surface area contributed by atoms with Crippen molar-refractivity contribution in [2.24, 2.45) is 5.92 Å². The molecule has 0 radical (unpaired) electrons. The predicted molar refractivity (Wildman–Crippen MR) is 134 cm³/mol. The minimum absolute atomic E-state index is 0.118. The summed E-state index contributed by atoms with van der Waals surface area (Å²) in [5.41, 5.74) is 3.47. The van der Waals surface area contributed by atoms with Gasteiger partial charge in [0.25, 0.3) is 5.91 Å². The Balaban J connectivity index is 1.53. The molecule has 0 atom stereocenters. The first kappa shape index (κ1) is 22.5. The van der Waals surface area contributed by atoms with Crippen LogP contribution in [0.15, 0.2) is 61.1 Å². The summed E-state index contributed by atoms with van der Waals surface area (Å²) in [5, 5.41) is 3.09. The normalized spacial score (nSPS) is 18.1. The van der Waals surface area contributed by atoms with Crippen molar-refractivity contribution < 1.29 is 4.79 Å². The predicted octanol–water partition coefficient (Wildman–Crippen LogP) is 4.90. The first-order chi connectivity index (χ1) is 16.7. The summed E-state index contributed by atoms with van der Waals surface area (Å²) in [6, 6.07) is 14.4. The van der Waals surface area contributed by atoms with Gasteiger partial charge in [0.05, 0.1) is 11.3 Å². The second-order valence-corrected chi connectivity index (χ2v) is 9.80. The number of hydrogen-bond donors (Lipinski definition) is 1. The molecule has 6 nitrogen and oxygen atoms in total. The van der Waals surface area contributed by atoms with Gasteiger partial charge in [0.1, 0.15) is 0 Å². The van der Waals surface area contributed by atoms with Gasteiger partial charge in [-0.3, -0.25) is 9.78 Å². The van der Waals surface area contributed by atoms with E-state index in [1.165, 1.54) is 5.56 Å². The van der Waals surface area contributed by atoms with Gasteiger partial charge in [-0.1, -0.05) is 50.1 Å². The van der Waals surface area contributed by atoms with Crippen molar-refractivity contribution in [3.63, 3.8) is 0 Å². The molecular formula is C28H33N5O. The lowest BCUT2D eigenvalue weighted by atomic mass is 9.74. The van der Waals surface area contributed by atoms with Crippen molar-refractivity contribution in [3.8, 4) is 0 Å². The van der Waals surface area contributed by atoms with E-state index in [-0.39, 0.29) is 11.3 Å². The summed E-state index contributed by atoms with van der Waals surface area (Å²) >= 11 is 0. The standard InChI is InChI=1S/C28H33N5O/c1-21-11-17-33(18-12-21)27-31-20-24(26(34)30-19-22-9-15-29-16-10-22)25(32-27)28(13-5-6-14-28)23-7-3-2-4-8-23/h2-4,7-10,15-16,20-21H,5-6,11-14,17-19H2,1H3,(H,30,34). The molecule has 0 spiro atoms. The highest BCUT2D eigenvalue weighted by Crippen LogP contribution is 2.47. The average molecular weight is 456 g/mol. The second-order valence-electron chi connectivity index (χ2n) is 9.80. The Bertz CT molecular complexity index is 1100. The Hall–Kier alpha value is -3.28. The summed E-state index contributed by atoms with van der Waals surface area (Å²) in [6.07, 6.45) is 11.8. The van der Waals surface area contributed by atoms with E-state index in [0.717, 1.165) is 74.7 Å². The zero-order valence-electron chi connectivity index (χ0n) is 19.9. The molecule has 2 aromatic heterocycles. The van der Waals surface area contributed by atoms with Crippen molar-refractivity contribution in [2.75, 3.05) is 18.0 Å². The van der Waals surface area contributed by atoms with E-state index in [9.17, 15) is 4.79 Å². The van der Waals surface area contributed by atoms with Gasteiger partial charge < -0.3 is 10.2 Å². The number of anilines is 1. The monoisotopic (exact) mass is 455 g/mol. The van der Waals surface area contributed by atoms with Crippen LogP contribution in [-0.4, -0.2) is 33.9 Å². The van der Waals surface area contributed by atoms with Crippen molar-refractivity contribution in [1.29, 1.82) is 0 Å². The Morgan fingerprint density at radius 1 is 1.06 bits per heavy atom. The summed E-state index contributed by atoms with van der Waals surface area (Å²) in [5.74, 6) is 1.38. The van der Waals surface area contributed by atoms with Gasteiger partial charge in [0.15, 0.2) is 0 Å².